The molecule has 0 amide bonds. The van der Waals surface area contributed by atoms with Crippen LogP contribution < -0.4 is 4.74 Å². The quantitative estimate of drug-likeness (QED) is 0.528. The Labute approximate surface area is 143 Å². The van der Waals surface area contributed by atoms with E-state index in [4.69, 9.17) is 4.74 Å². The first-order chi connectivity index (χ1) is 11.9. The summed E-state index contributed by atoms with van der Waals surface area (Å²) < 4.78 is 5.93. The van der Waals surface area contributed by atoms with Gasteiger partial charge < -0.3 is 4.74 Å². The van der Waals surface area contributed by atoms with Crippen molar-refractivity contribution in [1.29, 1.82) is 0 Å². The molecule has 0 atom stereocenters. The highest BCUT2D eigenvalue weighted by atomic mass is 32.2. The third kappa shape index (κ3) is 3.21. The molecule has 116 valence electrons. The maximum atomic E-state index is 5.93. The van der Waals surface area contributed by atoms with Crippen molar-refractivity contribution in [2.24, 2.45) is 0 Å². The zero-order valence-corrected chi connectivity index (χ0v) is 13.5. The van der Waals surface area contributed by atoms with Gasteiger partial charge >= 0.3 is 0 Å². The molecule has 24 heavy (non-hydrogen) atoms. The maximum Gasteiger partial charge on any atom is 0.230 e. The van der Waals surface area contributed by atoms with E-state index < -0.39 is 0 Å². The lowest BCUT2D eigenvalue weighted by molar-refractivity contribution is 0.468. The minimum atomic E-state index is 0.565. The third-order valence-electron chi connectivity index (χ3n) is 3.43. The Hall–Kier alpha value is -2.92. The molecule has 4 nitrogen and oxygen atoms in total. The van der Waals surface area contributed by atoms with E-state index in [2.05, 4.69) is 15.0 Å². The number of benzene rings is 2. The first kappa shape index (κ1) is 14.7. The van der Waals surface area contributed by atoms with Gasteiger partial charge in [-0.15, -0.1) is 0 Å². The topological polar surface area (TPSA) is 47.9 Å². The summed E-state index contributed by atoms with van der Waals surface area (Å²) in [4.78, 5) is 14.8. The van der Waals surface area contributed by atoms with Crippen molar-refractivity contribution in [2.45, 2.75) is 9.79 Å². The fourth-order valence-electron chi connectivity index (χ4n) is 2.29. The number of pyridine rings is 1. The van der Waals surface area contributed by atoms with Crippen molar-refractivity contribution in [2.75, 3.05) is 0 Å². The molecule has 0 radical (unpaired) electrons. The number of hydrogen-bond donors (Lipinski definition) is 0. The normalized spacial score (nSPS) is 10.7. The minimum absolute atomic E-state index is 0.565. The summed E-state index contributed by atoms with van der Waals surface area (Å²) in [7, 11) is 0. The molecule has 4 aromatic rings. The van der Waals surface area contributed by atoms with E-state index in [9.17, 15) is 0 Å². The van der Waals surface area contributed by atoms with Crippen molar-refractivity contribution >= 4 is 22.7 Å². The predicted molar refractivity (Wildman–Crippen MR) is 94.4 cm³/mol. The Bertz CT molecular complexity index is 954. The molecule has 0 fully saturated rings. The third-order valence-corrected chi connectivity index (χ3v) is 4.45. The van der Waals surface area contributed by atoms with E-state index in [1.807, 2.05) is 60.7 Å². The number of hydrogen-bond acceptors (Lipinski definition) is 5. The molecule has 0 spiro atoms. The lowest BCUT2D eigenvalue weighted by atomic mass is 10.2. The van der Waals surface area contributed by atoms with Gasteiger partial charge in [-0.3, -0.25) is 4.98 Å². The molecule has 2 aromatic carbocycles. The van der Waals surface area contributed by atoms with Gasteiger partial charge in [0.2, 0.25) is 5.88 Å². The molecule has 0 aliphatic carbocycles. The van der Waals surface area contributed by atoms with Gasteiger partial charge in [0.15, 0.2) is 0 Å². The molecular formula is C19H13N3OS. The molecule has 5 heteroatoms. The van der Waals surface area contributed by atoms with Crippen LogP contribution in [0.4, 0.5) is 0 Å². The fraction of sp³-hybridized carbons (Fsp3) is 0. The highest BCUT2D eigenvalue weighted by Gasteiger charge is 2.06. The van der Waals surface area contributed by atoms with Crippen LogP contribution in [0, 0.1) is 0 Å². The molecule has 0 saturated heterocycles. The van der Waals surface area contributed by atoms with E-state index in [0.29, 0.717) is 5.88 Å². The zero-order chi connectivity index (χ0) is 16.2. The number of fused-ring (bicyclic) bond motifs is 1. The van der Waals surface area contributed by atoms with Crippen LogP contribution in [0.25, 0.3) is 10.9 Å². The molecule has 0 aliphatic heterocycles. The van der Waals surface area contributed by atoms with E-state index in [-0.39, 0.29) is 0 Å². The summed E-state index contributed by atoms with van der Waals surface area (Å²) in [5.74, 6) is 1.31. The summed E-state index contributed by atoms with van der Waals surface area (Å²) in [6.45, 7) is 0. The Morgan fingerprint density at radius 3 is 2.33 bits per heavy atom. The van der Waals surface area contributed by atoms with Crippen molar-refractivity contribution in [3.63, 3.8) is 0 Å². The molecule has 0 aliphatic rings. The lowest BCUT2D eigenvalue weighted by Crippen LogP contribution is -1.91. The highest BCUT2D eigenvalue weighted by molar-refractivity contribution is 7.99. The van der Waals surface area contributed by atoms with Gasteiger partial charge in [-0.2, -0.15) is 0 Å². The van der Waals surface area contributed by atoms with Gasteiger partial charge in [0.25, 0.3) is 0 Å². The standard InChI is InChI=1S/C19H13N3OS/c1-2-4-18-17(3-1)19(22-13-21-18)23-14-5-7-15(8-6-14)24-16-9-11-20-12-10-16/h1-13H. The van der Waals surface area contributed by atoms with Crippen molar-refractivity contribution in [1.82, 2.24) is 15.0 Å². The van der Waals surface area contributed by atoms with Crippen LogP contribution >= 0.6 is 11.8 Å². The Morgan fingerprint density at radius 1 is 0.750 bits per heavy atom. The van der Waals surface area contributed by atoms with Gasteiger partial charge in [-0.1, -0.05) is 23.9 Å². The number of nitrogens with zero attached hydrogens (tertiary/aromatic N) is 3. The lowest BCUT2D eigenvalue weighted by Gasteiger charge is -2.08. The Kier molecular flexibility index (Phi) is 4.08. The second-order valence-electron chi connectivity index (χ2n) is 5.05. The van der Waals surface area contributed by atoms with Gasteiger partial charge in [0, 0.05) is 22.2 Å². The molecule has 0 saturated carbocycles. The summed E-state index contributed by atoms with van der Waals surface area (Å²) >= 11 is 1.68. The van der Waals surface area contributed by atoms with Crippen LogP contribution in [-0.2, 0) is 0 Å². The van der Waals surface area contributed by atoms with Gasteiger partial charge in [0.05, 0.1) is 10.9 Å². The second-order valence-corrected chi connectivity index (χ2v) is 6.20. The monoisotopic (exact) mass is 331 g/mol. The minimum Gasteiger partial charge on any atom is -0.438 e. The Morgan fingerprint density at radius 2 is 1.50 bits per heavy atom. The maximum absolute atomic E-state index is 5.93. The summed E-state index contributed by atoms with van der Waals surface area (Å²) in [5.41, 5.74) is 0.868. The molecule has 0 N–H and O–H groups in total. The average Bonchev–Trinajstić information content (AvgIpc) is 2.65. The predicted octanol–water partition coefficient (Wildman–Crippen LogP) is 4.97. The van der Waals surface area contributed by atoms with Crippen LogP contribution in [0.1, 0.15) is 0 Å². The summed E-state index contributed by atoms with van der Waals surface area (Å²) in [6.07, 6.45) is 5.10. The summed E-state index contributed by atoms with van der Waals surface area (Å²) in [5, 5.41) is 0.898. The first-order valence-electron chi connectivity index (χ1n) is 7.44. The fourth-order valence-corrected chi connectivity index (χ4v) is 3.09. The number of aromatic nitrogens is 3. The van der Waals surface area contributed by atoms with Gasteiger partial charge in [-0.05, 0) is 48.5 Å². The average molecular weight is 331 g/mol. The molecule has 0 bridgehead atoms. The van der Waals surface area contributed by atoms with Crippen LogP contribution in [-0.4, -0.2) is 15.0 Å². The van der Waals surface area contributed by atoms with E-state index >= 15 is 0 Å². The number of ether oxygens (including phenoxy) is 1. The smallest absolute Gasteiger partial charge is 0.230 e. The van der Waals surface area contributed by atoms with Crippen LogP contribution in [0.5, 0.6) is 11.6 Å². The Balaban J connectivity index is 1.55. The number of rotatable bonds is 4. The molecule has 2 heterocycles. The molecule has 0 unspecified atom stereocenters. The zero-order valence-electron chi connectivity index (χ0n) is 12.7. The van der Waals surface area contributed by atoms with Gasteiger partial charge in [0.1, 0.15) is 12.1 Å². The van der Waals surface area contributed by atoms with Crippen LogP contribution in [0.2, 0.25) is 0 Å². The van der Waals surface area contributed by atoms with Crippen molar-refractivity contribution in [3.05, 3.63) is 79.4 Å². The molecular weight excluding hydrogens is 318 g/mol. The number of para-hydroxylation sites is 1. The van der Waals surface area contributed by atoms with Crippen LogP contribution in [0.3, 0.4) is 0 Å². The molecule has 2 aromatic heterocycles. The summed E-state index contributed by atoms with van der Waals surface area (Å²) in [6, 6.07) is 19.7. The van der Waals surface area contributed by atoms with E-state index in [1.165, 1.54) is 6.33 Å². The largest absolute Gasteiger partial charge is 0.438 e. The SMILES string of the molecule is c1ccc2c(Oc3ccc(Sc4ccncc4)cc3)ncnc2c1. The van der Waals surface area contributed by atoms with E-state index in [1.54, 1.807) is 24.2 Å². The van der Waals surface area contributed by atoms with Crippen LogP contribution in [0.15, 0.2) is 89.2 Å². The highest BCUT2D eigenvalue weighted by Crippen LogP contribution is 2.31. The first-order valence-corrected chi connectivity index (χ1v) is 8.26. The second kappa shape index (κ2) is 6.68. The van der Waals surface area contributed by atoms with E-state index in [0.717, 1.165) is 26.4 Å². The molecule has 4 rings (SSSR count). The van der Waals surface area contributed by atoms with Crippen molar-refractivity contribution < 1.29 is 4.74 Å². The van der Waals surface area contributed by atoms with Crippen molar-refractivity contribution in [3.8, 4) is 11.6 Å². The van der Waals surface area contributed by atoms with Gasteiger partial charge in [-0.25, -0.2) is 9.97 Å².